The molecule has 4 fully saturated rings. The number of anilines is 1. The van der Waals surface area contributed by atoms with Crippen LogP contribution in [0.3, 0.4) is 0 Å². The van der Waals surface area contributed by atoms with Crippen molar-refractivity contribution in [2.45, 2.75) is 106 Å². The van der Waals surface area contributed by atoms with E-state index in [0.717, 1.165) is 68.9 Å². The SMILES string of the molecule is O=C1OC(c2ccccc2)C(c2ccccc2)N2C1C(C(=O)N1CCCCCCC1)C1(C(=O)Nc3ccc(C#CC4(O)CCCCCC4)cc31)C2c1ccccc1OCCO. The molecule has 61 heavy (non-hydrogen) atoms. The van der Waals surface area contributed by atoms with Crippen molar-refractivity contribution >= 4 is 23.5 Å². The molecule has 1 spiro atoms. The van der Waals surface area contributed by atoms with E-state index >= 15 is 14.4 Å². The van der Waals surface area contributed by atoms with E-state index in [2.05, 4.69) is 22.1 Å². The summed E-state index contributed by atoms with van der Waals surface area (Å²) in [5.41, 5.74) is 1.14. The number of aliphatic hydroxyl groups is 2. The molecule has 4 aromatic rings. The van der Waals surface area contributed by atoms with E-state index in [9.17, 15) is 10.2 Å². The first-order chi connectivity index (χ1) is 29.8. The summed E-state index contributed by atoms with van der Waals surface area (Å²) in [5, 5.41) is 24.8. The van der Waals surface area contributed by atoms with Crippen molar-refractivity contribution in [2.75, 3.05) is 31.6 Å². The molecule has 4 heterocycles. The molecule has 5 aliphatic rings. The summed E-state index contributed by atoms with van der Waals surface area (Å²) in [6.07, 6.45) is 9.02. The van der Waals surface area contributed by atoms with Crippen LogP contribution in [0.4, 0.5) is 5.69 Å². The molecule has 3 N–H and O–H groups in total. The van der Waals surface area contributed by atoms with Crippen LogP contribution in [0, 0.1) is 17.8 Å². The smallest absolute Gasteiger partial charge is 0.324 e. The Bertz CT molecular complexity index is 2290. The number of carbonyl (C=O) groups is 3. The molecule has 4 aromatic carbocycles. The van der Waals surface area contributed by atoms with E-state index < -0.39 is 53.0 Å². The lowest BCUT2D eigenvalue weighted by atomic mass is 9.64. The molecule has 2 amide bonds. The Morgan fingerprint density at radius 3 is 2.13 bits per heavy atom. The van der Waals surface area contributed by atoms with Gasteiger partial charge in [0.1, 0.15) is 35.5 Å². The molecule has 6 unspecified atom stereocenters. The van der Waals surface area contributed by atoms with Gasteiger partial charge in [0.25, 0.3) is 0 Å². The van der Waals surface area contributed by atoms with Crippen LogP contribution < -0.4 is 10.1 Å². The zero-order valence-electron chi connectivity index (χ0n) is 34.6. The van der Waals surface area contributed by atoms with Gasteiger partial charge < -0.3 is 29.9 Å². The molecule has 10 nitrogen and oxygen atoms in total. The number of fused-ring (bicyclic) bond motifs is 3. The lowest BCUT2D eigenvalue weighted by Crippen LogP contribution is -2.55. The van der Waals surface area contributed by atoms with Crippen molar-refractivity contribution in [1.82, 2.24) is 9.80 Å². The second kappa shape index (κ2) is 17.5. The number of nitrogens with one attached hydrogen (secondary N) is 1. The molecule has 4 aliphatic heterocycles. The van der Waals surface area contributed by atoms with Crippen molar-refractivity contribution in [3.63, 3.8) is 0 Å². The highest BCUT2D eigenvalue weighted by Crippen LogP contribution is 2.66. The Balaban J connectivity index is 1.32. The molecule has 3 saturated heterocycles. The number of benzene rings is 4. The number of hydrogen-bond donors (Lipinski definition) is 3. The number of esters is 1. The zero-order chi connectivity index (χ0) is 42.0. The van der Waals surface area contributed by atoms with Gasteiger partial charge in [0, 0.05) is 29.9 Å². The number of ether oxygens (including phenoxy) is 2. The molecule has 1 aliphatic carbocycles. The Labute approximate surface area is 358 Å². The Morgan fingerprint density at radius 1 is 0.787 bits per heavy atom. The van der Waals surface area contributed by atoms with Crippen LogP contribution in [0.1, 0.15) is 117 Å². The fourth-order valence-electron chi connectivity index (χ4n) is 10.9. The maximum atomic E-state index is 15.9. The van der Waals surface area contributed by atoms with Crippen LogP contribution in [-0.2, 0) is 24.5 Å². The first kappa shape index (κ1) is 40.9. The molecular formula is C51H55N3O7. The van der Waals surface area contributed by atoms with Crippen molar-refractivity contribution in [2.24, 2.45) is 5.92 Å². The number of hydrogen-bond acceptors (Lipinski definition) is 8. The van der Waals surface area contributed by atoms with E-state index in [1.807, 2.05) is 108 Å². The highest BCUT2D eigenvalue weighted by molar-refractivity contribution is 6.12. The number of aliphatic hydroxyl groups excluding tert-OH is 1. The third-order valence-electron chi connectivity index (χ3n) is 13.7. The topological polar surface area (TPSA) is 129 Å². The van der Waals surface area contributed by atoms with Gasteiger partial charge in [-0.3, -0.25) is 19.3 Å². The molecule has 0 aromatic heterocycles. The standard InChI is InChI=1S/C51H55N3O7/c55-32-33-60-41-23-13-12-22-38(41)46-51(39-34-35(24-25-40(39)52-49(51)58)26-29-50(59)27-14-2-3-15-28-50)42(47(56)53-30-16-4-1-5-17-31-53)44-48(57)61-45(37-20-10-7-11-21-37)43(54(44)46)36-18-8-6-9-19-36/h6-13,18-25,34,42-46,55,59H,1-5,14-17,27-28,30-33H2,(H,52,58). The van der Waals surface area contributed by atoms with Gasteiger partial charge in [-0.1, -0.05) is 123 Å². The van der Waals surface area contributed by atoms with Gasteiger partial charge in [0.2, 0.25) is 11.8 Å². The normalized spacial score (nSPS) is 27.3. The summed E-state index contributed by atoms with van der Waals surface area (Å²) in [5.74, 6) is 4.50. The average Bonchev–Trinajstić information content (AvgIpc) is 3.63. The van der Waals surface area contributed by atoms with Crippen LogP contribution in [0.15, 0.2) is 103 Å². The molecule has 6 atom stereocenters. The second-order valence-corrected chi connectivity index (χ2v) is 17.4. The number of cyclic esters (lactones) is 1. The summed E-state index contributed by atoms with van der Waals surface area (Å²) in [6, 6.07) is 29.8. The lowest BCUT2D eigenvalue weighted by molar-refractivity contribution is -0.179. The summed E-state index contributed by atoms with van der Waals surface area (Å²) in [4.78, 5) is 50.9. The van der Waals surface area contributed by atoms with Crippen LogP contribution >= 0.6 is 0 Å². The molecule has 1 saturated carbocycles. The lowest BCUT2D eigenvalue weighted by Gasteiger charge is -2.46. The predicted octanol–water partition coefficient (Wildman–Crippen LogP) is 7.56. The van der Waals surface area contributed by atoms with E-state index in [-0.39, 0.29) is 19.1 Å². The second-order valence-electron chi connectivity index (χ2n) is 17.4. The third-order valence-corrected chi connectivity index (χ3v) is 13.7. The van der Waals surface area contributed by atoms with Gasteiger partial charge in [0.05, 0.1) is 24.6 Å². The van der Waals surface area contributed by atoms with Gasteiger partial charge >= 0.3 is 5.97 Å². The minimum absolute atomic E-state index is 0.00146. The number of likely N-dealkylation sites (tertiary alicyclic amines) is 1. The third kappa shape index (κ3) is 7.51. The Kier molecular flexibility index (Phi) is 11.7. The Hall–Kier alpha value is -5.47. The average molecular weight is 822 g/mol. The number of carbonyl (C=O) groups excluding carboxylic acids is 3. The summed E-state index contributed by atoms with van der Waals surface area (Å²) >= 11 is 0. The molecule has 0 radical (unpaired) electrons. The summed E-state index contributed by atoms with van der Waals surface area (Å²) in [6.45, 7) is 0.792. The first-order valence-electron chi connectivity index (χ1n) is 22.2. The van der Waals surface area contributed by atoms with Gasteiger partial charge in [0.15, 0.2) is 0 Å². The van der Waals surface area contributed by atoms with Gasteiger partial charge in [-0.2, -0.15) is 0 Å². The summed E-state index contributed by atoms with van der Waals surface area (Å²) < 4.78 is 12.9. The fraction of sp³-hybridized carbons (Fsp3) is 0.431. The van der Waals surface area contributed by atoms with Crippen LogP contribution in [-0.4, -0.2) is 75.7 Å². The number of rotatable bonds is 7. The predicted molar refractivity (Wildman–Crippen MR) is 231 cm³/mol. The monoisotopic (exact) mass is 821 g/mol. The van der Waals surface area contributed by atoms with E-state index in [4.69, 9.17) is 9.47 Å². The minimum Gasteiger partial charge on any atom is -0.491 e. The first-order valence-corrected chi connectivity index (χ1v) is 22.2. The number of para-hydroxylation sites is 1. The largest absolute Gasteiger partial charge is 0.491 e. The number of morpholine rings is 1. The number of nitrogens with zero attached hydrogens (tertiary/aromatic N) is 2. The van der Waals surface area contributed by atoms with Crippen LogP contribution in [0.25, 0.3) is 0 Å². The van der Waals surface area contributed by atoms with Crippen LogP contribution in [0.5, 0.6) is 5.75 Å². The van der Waals surface area contributed by atoms with Gasteiger partial charge in [-0.05, 0) is 79.5 Å². The highest BCUT2D eigenvalue weighted by atomic mass is 16.6. The maximum absolute atomic E-state index is 15.9. The van der Waals surface area contributed by atoms with Crippen LogP contribution in [0.2, 0.25) is 0 Å². The minimum atomic E-state index is -1.69. The molecule has 10 heteroatoms. The summed E-state index contributed by atoms with van der Waals surface area (Å²) in [7, 11) is 0. The number of amides is 2. The van der Waals surface area contributed by atoms with Crippen molar-refractivity contribution in [3.8, 4) is 17.6 Å². The molecule has 0 bridgehead atoms. The maximum Gasteiger partial charge on any atom is 0.324 e. The van der Waals surface area contributed by atoms with Crippen molar-refractivity contribution < 1.29 is 34.1 Å². The van der Waals surface area contributed by atoms with E-state index in [1.165, 1.54) is 0 Å². The molecule has 9 rings (SSSR count). The van der Waals surface area contributed by atoms with Crippen molar-refractivity contribution in [1.29, 1.82) is 0 Å². The fourth-order valence-corrected chi connectivity index (χ4v) is 10.9. The molecular weight excluding hydrogens is 767 g/mol. The van der Waals surface area contributed by atoms with E-state index in [1.54, 1.807) is 0 Å². The zero-order valence-corrected chi connectivity index (χ0v) is 34.6. The Morgan fingerprint density at radius 2 is 1.43 bits per heavy atom. The van der Waals surface area contributed by atoms with E-state index in [0.29, 0.717) is 54.1 Å². The highest BCUT2D eigenvalue weighted by Gasteiger charge is 2.74. The molecule has 316 valence electrons. The van der Waals surface area contributed by atoms with Gasteiger partial charge in [-0.25, -0.2) is 0 Å². The van der Waals surface area contributed by atoms with Crippen molar-refractivity contribution in [3.05, 3.63) is 131 Å². The quantitative estimate of drug-likeness (QED) is 0.0991. The van der Waals surface area contributed by atoms with Gasteiger partial charge in [-0.15, -0.1) is 0 Å².